The van der Waals surface area contributed by atoms with E-state index in [-0.39, 0.29) is 23.8 Å². The van der Waals surface area contributed by atoms with E-state index in [9.17, 15) is 4.79 Å². The van der Waals surface area contributed by atoms with Crippen molar-refractivity contribution in [1.82, 2.24) is 5.32 Å². The standard InChI is InChI=1S/C18H31NO4/c1-2-21-17(20)14-6-8-15(9-7-14)19-12-16-13-22-18(23-16)10-4-3-5-11-18/h14-16,19H,2-13H2,1H3/t14?,15?,16-/m0/s1. The molecule has 0 aromatic heterocycles. The molecular formula is C18H31NO4. The fraction of sp³-hybridized carbons (Fsp3) is 0.944. The van der Waals surface area contributed by atoms with Crippen LogP contribution in [-0.4, -0.2) is 43.7 Å². The fourth-order valence-corrected chi connectivity index (χ4v) is 4.16. The van der Waals surface area contributed by atoms with E-state index < -0.39 is 0 Å². The van der Waals surface area contributed by atoms with Gasteiger partial charge < -0.3 is 19.5 Å². The Labute approximate surface area is 139 Å². The predicted octanol–water partition coefficient (Wildman–Crippen LogP) is 2.77. The van der Waals surface area contributed by atoms with Gasteiger partial charge in [-0.2, -0.15) is 0 Å². The first-order valence-electron chi connectivity index (χ1n) is 9.42. The van der Waals surface area contributed by atoms with Crippen LogP contribution in [-0.2, 0) is 19.0 Å². The third kappa shape index (κ3) is 4.46. The number of hydrogen-bond acceptors (Lipinski definition) is 5. The number of esters is 1. The minimum absolute atomic E-state index is 0.0160. The van der Waals surface area contributed by atoms with Gasteiger partial charge in [0.25, 0.3) is 0 Å². The number of hydrogen-bond donors (Lipinski definition) is 1. The van der Waals surface area contributed by atoms with Crippen molar-refractivity contribution in [3.8, 4) is 0 Å². The van der Waals surface area contributed by atoms with Crippen molar-refractivity contribution >= 4 is 5.97 Å². The number of rotatable bonds is 5. The van der Waals surface area contributed by atoms with Gasteiger partial charge >= 0.3 is 5.97 Å². The highest BCUT2D eigenvalue weighted by Gasteiger charge is 2.42. The smallest absolute Gasteiger partial charge is 0.308 e. The summed E-state index contributed by atoms with van der Waals surface area (Å²) in [5.74, 6) is -0.186. The van der Waals surface area contributed by atoms with E-state index in [0.29, 0.717) is 19.3 Å². The van der Waals surface area contributed by atoms with E-state index in [1.165, 1.54) is 19.3 Å². The summed E-state index contributed by atoms with van der Waals surface area (Å²) < 4.78 is 17.3. The molecule has 3 rings (SSSR count). The topological polar surface area (TPSA) is 56.8 Å². The predicted molar refractivity (Wildman–Crippen MR) is 87.0 cm³/mol. The molecule has 1 spiro atoms. The van der Waals surface area contributed by atoms with Crippen LogP contribution in [0.2, 0.25) is 0 Å². The van der Waals surface area contributed by atoms with Crippen molar-refractivity contribution in [2.24, 2.45) is 5.92 Å². The third-order valence-corrected chi connectivity index (χ3v) is 5.51. The van der Waals surface area contributed by atoms with E-state index in [0.717, 1.165) is 45.1 Å². The van der Waals surface area contributed by atoms with Crippen molar-refractivity contribution in [2.75, 3.05) is 19.8 Å². The maximum Gasteiger partial charge on any atom is 0.308 e. The second kappa shape index (κ2) is 7.95. The van der Waals surface area contributed by atoms with Crippen molar-refractivity contribution in [2.45, 2.75) is 82.6 Å². The highest BCUT2D eigenvalue weighted by molar-refractivity contribution is 5.72. The molecule has 23 heavy (non-hydrogen) atoms. The molecule has 2 aliphatic carbocycles. The quantitative estimate of drug-likeness (QED) is 0.788. The molecule has 1 N–H and O–H groups in total. The molecule has 1 aliphatic heterocycles. The van der Waals surface area contributed by atoms with Crippen LogP contribution >= 0.6 is 0 Å². The number of nitrogens with one attached hydrogen (secondary N) is 1. The summed E-state index contributed by atoms with van der Waals surface area (Å²) in [6.07, 6.45) is 9.98. The average Bonchev–Trinajstić information content (AvgIpc) is 2.97. The molecular weight excluding hydrogens is 294 g/mol. The largest absolute Gasteiger partial charge is 0.466 e. The highest BCUT2D eigenvalue weighted by atomic mass is 16.7. The first kappa shape index (κ1) is 17.2. The molecule has 2 saturated carbocycles. The zero-order valence-electron chi connectivity index (χ0n) is 14.4. The second-order valence-electron chi connectivity index (χ2n) is 7.23. The summed E-state index contributed by atoms with van der Waals surface area (Å²) in [5, 5.41) is 3.62. The maximum atomic E-state index is 11.8. The Morgan fingerprint density at radius 2 is 1.91 bits per heavy atom. The first-order chi connectivity index (χ1) is 11.2. The van der Waals surface area contributed by atoms with Gasteiger partial charge in [0.05, 0.1) is 25.2 Å². The van der Waals surface area contributed by atoms with Crippen LogP contribution in [0.1, 0.15) is 64.7 Å². The minimum atomic E-state index is -0.272. The molecule has 0 bridgehead atoms. The average molecular weight is 325 g/mol. The summed E-state index contributed by atoms with van der Waals surface area (Å²) in [5.41, 5.74) is 0. The van der Waals surface area contributed by atoms with Crippen LogP contribution in [0.5, 0.6) is 0 Å². The Hall–Kier alpha value is -0.650. The molecule has 5 heteroatoms. The summed E-state index contributed by atoms with van der Waals surface area (Å²) >= 11 is 0. The third-order valence-electron chi connectivity index (χ3n) is 5.51. The van der Waals surface area contributed by atoms with Crippen LogP contribution in [0.4, 0.5) is 0 Å². The number of carbonyl (C=O) groups excluding carboxylic acids is 1. The van der Waals surface area contributed by atoms with Crippen LogP contribution in [0.15, 0.2) is 0 Å². The van der Waals surface area contributed by atoms with E-state index in [1.54, 1.807) is 0 Å². The summed E-state index contributed by atoms with van der Waals surface area (Å²) in [6, 6.07) is 0.493. The van der Waals surface area contributed by atoms with E-state index >= 15 is 0 Å². The zero-order chi connectivity index (χ0) is 16.1. The van der Waals surface area contributed by atoms with E-state index in [2.05, 4.69) is 5.32 Å². The normalized spacial score (nSPS) is 33.7. The monoisotopic (exact) mass is 325 g/mol. The second-order valence-corrected chi connectivity index (χ2v) is 7.23. The highest BCUT2D eigenvalue weighted by Crippen LogP contribution is 2.37. The van der Waals surface area contributed by atoms with Crippen LogP contribution in [0.3, 0.4) is 0 Å². The SMILES string of the molecule is CCOC(=O)C1CCC(NC[C@H]2COC3(CCCCC3)O2)CC1. The van der Waals surface area contributed by atoms with Gasteiger partial charge in [0.1, 0.15) is 0 Å². The van der Waals surface area contributed by atoms with Crippen molar-refractivity contribution in [3.63, 3.8) is 0 Å². The summed E-state index contributed by atoms with van der Waals surface area (Å²) in [4.78, 5) is 11.8. The molecule has 0 aromatic rings. The Morgan fingerprint density at radius 3 is 2.61 bits per heavy atom. The summed E-state index contributed by atoms with van der Waals surface area (Å²) in [7, 11) is 0. The van der Waals surface area contributed by atoms with Gasteiger partial charge in [-0.15, -0.1) is 0 Å². The number of carbonyl (C=O) groups is 1. The molecule has 3 aliphatic rings. The van der Waals surface area contributed by atoms with Gasteiger partial charge in [-0.05, 0) is 45.4 Å². The molecule has 1 atom stereocenters. The molecule has 0 aromatic carbocycles. The Bertz CT molecular complexity index is 386. The van der Waals surface area contributed by atoms with Crippen molar-refractivity contribution in [3.05, 3.63) is 0 Å². The lowest BCUT2D eigenvalue weighted by molar-refractivity contribution is -0.186. The fourth-order valence-electron chi connectivity index (χ4n) is 4.16. The summed E-state index contributed by atoms with van der Waals surface area (Å²) in [6.45, 7) is 3.92. The molecule has 5 nitrogen and oxygen atoms in total. The lowest BCUT2D eigenvalue weighted by atomic mass is 9.86. The van der Waals surface area contributed by atoms with Crippen molar-refractivity contribution in [1.29, 1.82) is 0 Å². The van der Waals surface area contributed by atoms with Gasteiger partial charge in [0.2, 0.25) is 0 Å². The van der Waals surface area contributed by atoms with Crippen molar-refractivity contribution < 1.29 is 19.0 Å². The van der Waals surface area contributed by atoms with Crippen LogP contribution < -0.4 is 5.32 Å². The molecule has 0 amide bonds. The zero-order valence-corrected chi connectivity index (χ0v) is 14.4. The van der Waals surface area contributed by atoms with Crippen LogP contribution in [0.25, 0.3) is 0 Å². The van der Waals surface area contributed by atoms with Crippen LogP contribution in [0, 0.1) is 5.92 Å². The van der Waals surface area contributed by atoms with Gasteiger partial charge in [-0.25, -0.2) is 0 Å². The van der Waals surface area contributed by atoms with Gasteiger partial charge in [0.15, 0.2) is 5.79 Å². The Kier molecular flexibility index (Phi) is 5.94. The molecule has 1 heterocycles. The molecule has 132 valence electrons. The van der Waals surface area contributed by atoms with Gasteiger partial charge in [0, 0.05) is 25.4 Å². The molecule has 1 saturated heterocycles. The molecule has 0 radical (unpaired) electrons. The first-order valence-corrected chi connectivity index (χ1v) is 9.42. The Balaban J connectivity index is 1.35. The molecule has 3 fully saturated rings. The van der Waals surface area contributed by atoms with Gasteiger partial charge in [-0.1, -0.05) is 6.42 Å². The maximum absolute atomic E-state index is 11.8. The lowest BCUT2D eigenvalue weighted by Crippen LogP contribution is -2.41. The van der Waals surface area contributed by atoms with E-state index in [1.807, 2.05) is 6.92 Å². The van der Waals surface area contributed by atoms with E-state index in [4.69, 9.17) is 14.2 Å². The Morgan fingerprint density at radius 1 is 1.17 bits per heavy atom. The molecule has 0 unspecified atom stereocenters. The van der Waals surface area contributed by atoms with Gasteiger partial charge in [-0.3, -0.25) is 4.79 Å². The number of ether oxygens (including phenoxy) is 3. The lowest BCUT2D eigenvalue weighted by Gasteiger charge is -2.32. The minimum Gasteiger partial charge on any atom is -0.466 e.